The van der Waals surface area contributed by atoms with Crippen molar-refractivity contribution in [3.63, 3.8) is 0 Å². The first-order valence-electron chi connectivity index (χ1n) is 16.8. The normalized spacial score (nSPS) is 10.7. The first kappa shape index (κ1) is 73.2. The van der Waals surface area contributed by atoms with Gasteiger partial charge >= 0.3 is 42.1 Å². The smallest absolute Gasteiger partial charge is 0.388 e. The molecule has 1 unspecified atom stereocenters. The predicted octanol–water partition coefficient (Wildman–Crippen LogP) is 7.39. The summed E-state index contributed by atoms with van der Waals surface area (Å²) in [6.07, 6.45) is 13.8. The van der Waals surface area contributed by atoms with Crippen LogP contribution in [0.15, 0.2) is 30.3 Å². The van der Waals surface area contributed by atoms with E-state index in [0.717, 1.165) is 44.8 Å². The van der Waals surface area contributed by atoms with Gasteiger partial charge in [-0.2, -0.15) is 30.5 Å². The topological polar surface area (TPSA) is 151 Å². The summed E-state index contributed by atoms with van der Waals surface area (Å²) in [4.78, 5) is 0. The van der Waals surface area contributed by atoms with Crippen LogP contribution in [-0.4, -0.2) is 67.0 Å². The molecule has 1 aromatic rings. The van der Waals surface area contributed by atoms with E-state index in [0.29, 0.717) is 24.9 Å². The van der Waals surface area contributed by atoms with Gasteiger partial charge in [0.25, 0.3) is 0 Å². The van der Waals surface area contributed by atoms with Gasteiger partial charge in [0.1, 0.15) is 0 Å². The van der Waals surface area contributed by atoms with Gasteiger partial charge in [-0.25, -0.2) is 6.42 Å². The molecule has 1 aliphatic rings. The molecule has 0 spiro atoms. The molecule has 1 aromatic carbocycles. The molecular weight excluding hydrogens is 944 g/mol. The quantitative estimate of drug-likeness (QED) is 0.155. The number of rotatable bonds is 7. The fourth-order valence-corrected chi connectivity index (χ4v) is 2.53. The molecule has 11 N–H and O–H groups in total. The Morgan fingerprint density at radius 1 is 0.787 bits per heavy atom. The van der Waals surface area contributed by atoms with Crippen molar-refractivity contribution in [1.29, 1.82) is 0 Å². The second-order valence-corrected chi connectivity index (χ2v) is 10.0. The van der Waals surface area contributed by atoms with Crippen LogP contribution < -0.4 is 34.0 Å². The molecule has 1 fully saturated rings. The second-order valence-electron chi connectivity index (χ2n) is 9.22. The minimum Gasteiger partial charge on any atom is -0.388 e. The fraction of sp³-hybridized carbons (Fsp3) is 0.730. The van der Waals surface area contributed by atoms with Crippen molar-refractivity contribution in [3.05, 3.63) is 63.6 Å². The number of methoxy groups -OCH3 is 1. The third-order valence-electron chi connectivity index (χ3n) is 5.03. The van der Waals surface area contributed by atoms with Crippen LogP contribution in [0.4, 0.5) is 0 Å². The van der Waals surface area contributed by atoms with Crippen LogP contribution in [-0.2, 0) is 53.4 Å². The number of ether oxygens (including phenoxy) is 1. The Bertz CT molecular complexity index is 472. The third-order valence-corrected chi connectivity index (χ3v) is 5.03. The van der Waals surface area contributed by atoms with E-state index >= 15 is 0 Å². The monoisotopic (exact) mass is 1030 g/mol. The molecule has 7 nitrogen and oxygen atoms in total. The molecule has 0 saturated heterocycles. The molecule has 0 bridgehead atoms. The van der Waals surface area contributed by atoms with Crippen molar-refractivity contribution < 1.29 is 46.9 Å². The zero-order valence-electron chi connectivity index (χ0n) is 33.2. The maximum absolute atomic E-state index is 5.50. The van der Waals surface area contributed by atoms with Crippen LogP contribution in [0.2, 0.25) is 0 Å². The Hall–Kier alpha value is 0.667. The fourth-order valence-electron chi connectivity index (χ4n) is 2.53. The number of thioether (sulfide) groups is 1. The minimum atomic E-state index is 0. The molecular formula is C37H86N6OSW2. The van der Waals surface area contributed by atoms with E-state index in [1.165, 1.54) is 37.7 Å². The summed E-state index contributed by atoms with van der Waals surface area (Å²) < 4.78 is 4.25. The van der Waals surface area contributed by atoms with Gasteiger partial charge in [-0.1, -0.05) is 90.1 Å². The van der Waals surface area contributed by atoms with Gasteiger partial charge in [0.05, 0.1) is 0 Å². The Labute approximate surface area is 331 Å². The Morgan fingerprint density at radius 2 is 1.13 bits per heavy atom. The molecule has 1 aliphatic carbocycles. The number of hydrogen-bond donors (Lipinski definition) is 6. The van der Waals surface area contributed by atoms with E-state index in [1.807, 2.05) is 91.6 Å². The van der Waals surface area contributed by atoms with Crippen LogP contribution in [0.3, 0.4) is 0 Å². The average molecular weight is 1030 g/mol. The average Bonchev–Trinajstić information content (AvgIpc) is 3.10. The van der Waals surface area contributed by atoms with Crippen LogP contribution in [0.5, 0.6) is 0 Å². The molecule has 10 heteroatoms. The molecule has 0 amide bonds. The van der Waals surface area contributed by atoms with Gasteiger partial charge in [-0.05, 0) is 77.1 Å². The molecule has 2 rings (SSSR count). The Balaban J connectivity index is -0.0000000420. The SMILES string of the molecule is CC.CC.CCN.CNC.COC.CSC.NCC1CCCCC1.NCc1ccccc1.[CH2-]CC(C[CH2-])CN.[CH2-]CC([CH2-])CN.[W+2].[W+2]. The van der Waals surface area contributed by atoms with Crippen LogP contribution in [0, 0.1) is 45.4 Å². The summed E-state index contributed by atoms with van der Waals surface area (Å²) in [6.45, 7) is 28.3. The predicted molar refractivity (Wildman–Crippen MR) is 215 cm³/mol. The van der Waals surface area contributed by atoms with E-state index in [2.05, 4.69) is 37.7 Å². The largest absolute Gasteiger partial charge is 2.00 e. The molecule has 0 aliphatic heterocycles. The van der Waals surface area contributed by atoms with Crippen molar-refractivity contribution >= 4 is 11.8 Å². The molecule has 0 radical (unpaired) electrons. The van der Waals surface area contributed by atoms with E-state index in [1.54, 1.807) is 26.0 Å². The van der Waals surface area contributed by atoms with Crippen molar-refractivity contribution in [2.75, 3.05) is 67.0 Å². The van der Waals surface area contributed by atoms with E-state index in [9.17, 15) is 0 Å². The maximum atomic E-state index is 5.50. The van der Waals surface area contributed by atoms with Crippen LogP contribution in [0.1, 0.15) is 91.5 Å². The van der Waals surface area contributed by atoms with Crippen molar-refractivity contribution in [2.24, 2.45) is 46.4 Å². The summed E-state index contributed by atoms with van der Waals surface area (Å²) in [5, 5.41) is 2.75. The van der Waals surface area contributed by atoms with Gasteiger partial charge < -0.3 is 66.4 Å². The first-order chi connectivity index (χ1) is 21.7. The minimum absolute atomic E-state index is 0. The molecule has 288 valence electrons. The van der Waals surface area contributed by atoms with Gasteiger partial charge in [0, 0.05) is 20.8 Å². The second kappa shape index (κ2) is 85.9. The van der Waals surface area contributed by atoms with Crippen molar-refractivity contribution in [1.82, 2.24) is 5.32 Å². The van der Waals surface area contributed by atoms with Crippen LogP contribution in [0.25, 0.3) is 0 Å². The van der Waals surface area contributed by atoms with Crippen molar-refractivity contribution in [3.8, 4) is 0 Å². The molecule has 1 atom stereocenters. The number of nitrogens with one attached hydrogen (secondary N) is 1. The molecule has 47 heavy (non-hydrogen) atoms. The summed E-state index contributed by atoms with van der Waals surface area (Å²) >= 11 is 1.75. The van der Waals surface area contributed by atoms with E-state index in [-0.39, 0.29) is 42.1 Å². The van der Waals surface area contributed by atoms with E-state index in [4.69, 9.17) is 28.7 Å². The van der Waals surface area contributed by atoms with Crippen LogP contribution >= 0.6 is 11.8 Å². The maximum Gasteiger partial charge on any atom is 2.00 e. The third kappa shape index (κ3) is 99.0. The van der Waals surface area contributed by atoms with Crippen molar-refractivity contribution in [2.45, 2.75) is 92.5 Å². The summed E-state index contributed by atoms with van der Waals surface area (Å²) in [6, 6.07) is 9.99. The van der Waals surface area contributed by atoms with Gasteiger partial charge in [-0.3, -0.25) is 0 Å². The zero-order valence-corrected chi connectivity index (χ0v) is 39.8. The summed E-state index contributed by atoms with van der Waals surface area (Å²) in [5.74, 6) is 1.76. The zero-order chi connectivity index (χ0) is 37.2. The number of nitrogens with two attached hydrogens (primary N) is 5. The van der Waals surface area contributed by atoms with E-state index < -0.39 is 0 Å². The Kier molecular flexibility index (Phi) is 134. The standard InChI is InChI=1S/C7H15N.C7H9N.C6H13N.C5H11N.2C2H7N.C2H6O.C2H6S.2C2H6.2W/c2*8-6-7-4-2-1-3-5-7;1-3-6(4-2)5-7;1-3-5(2)4-6;1-3-2;1-2-3;2*1-3-2;2*1-2;;/h7H,1-6,8H2;1-5H,6,8H2;6H,1-5,7H2;5H,1-4,6H2;3H,1-2H3;2-3H2,1H3;2*1-2H3;2*1-2H3;;/q;;2*-2;;;;;;;2*+2. The molecule has 0 heterocycles. The molecule has 1 saturated carbocycles. The van der Waals surface area contributed by atoms with Gasteiger partial charge in [0.2, 0.25) is 0 Å². The van der Waals surface area contributed by atoms with Gasteiger partial charge in [-0.15, -0.1) is 0 Å². The summed E-state index contributed by atoms with van der Waals surface area (Å²) in [7, 11) is 7.00. The molecule has 0 aromatic heterocycles. The number of hydrogen-bond acceptors (Lipinski definition) is 8. The first-order valence-corrected chi connectivity index (χ1v) is 18.5. The number of benzene rings is 1. The Morgan fingerprint density at radius 3 is 1.26 bits per heavy atom. The van der Waals surface area contributed by atoms with Gasteiger partial charge in [0.15, 0.2) is 0 Å². The summed E-state index contributed by atoms with van der Waals surface area (Å²) in [5.41, 5.74) is 27.4.